The fraction of sp³-hybridized carbons (Fsp3) is 0.429. The standard InChI is InChI=1S/C28H30ClF3N2O3S/c1-37-20-6-9-25-23(17-20)22(24(29)18-33-25)3-2-10-27(26(35)36)11-13-34(14-12-27)15-16-38-21-7-4-19(5-8-21)28(30,31)32/h4-9,17-18H,2-3,10-16H2,1H3,(H,35,36). The molecule has 3 aromatic rings. The fourth-order valence-corrected chi connectivity index (χ4v) is 6.15. The molecule has 1 aliphatic rings. The van der Waals surface area contributed by atoms with Crippen LogP contribution in [0.4, 0.5) is 13.2 Å². The number of thioether (sulfide) groups is 1. The molecule has 0 amide bonds. The first-order valence-corrected chi connectivity index (χ1v) is 13.8. The summed E-state index contributed by atoms with van der Waals surface area (Å²) >= 11 is 7.98. The topological polar surface area (TPSA) is 62.7 Å². The fourth-order valence-electron chi connectivity index (χ4n) is 5.00. The van der Waals surface area contributed by atoms with Gasteiger partial charge < -0.3 is 14.7 Å². The van der Waals surface area contributed by atoms with E-state index >= 15 is 0 Å². The van der Waals surface area contributed by atoms with E-state index in [0.29, 0.717) is 56.0 Å². The van der Waals surface area contributed by atoms with Crippen LogP contribution in [0.3, 0.4) is 0 Å². The molecule has 0 radical (unpaired) electrons. The van der Waals surface area contributed by atoms with Crippen molar-refractivity contribution in [2.75, 3.05) is 32.5 Å². The lowest BCUT2D eigenvalue weighted by atomic mass is 9.74. The van der Waals surface area contributed by atoms with Crippen molar-refractivity contribution in [2.24, 2.45) is 5.41 Å². The van der Waals surface area contributed by atoms with Crippen LogP contribution in [0.5, 0.6) is 5.75 Å². The van der Waals surface area contributed by atoms with Gasteiger partial charge in [0.25, 0.3) is 0 Å². The van der Waals surface area contributed by atoms with Gasteiger partial charge in [-0.3, -0.25) is 9.78 Å². The number of aryl methyl sites for hydroxylation is 1. The number of carboxylic acids is 1. The molecular formula is C28H30ClF3N2O3S. The molecule has 5 nitrogen and oxygen atoms in total. The highest BCUT2D eigenvalue weighted by molar-refractivity contribution is 7.99. The normalized spacial score (nSPS) is 16.0. The van der Waals surface area contributed by atoms with Gasteiger partial charge >= 0.3 is 12.1 Å². The van der Waals surface area contributed by atoms with Crippen molar-refractivity contribution in [3.8, 4) is 5.75 Å². The molecule has 0 unspecified atom stereocenters. The van der Waals surface area contributed by atoms with E-state index in [1.807, 2.05) is 18.2 Å². The van der Waals surface area contributed by atoms with Crippen molar-refractivity contribution in [3.05, 3.63) is 64.8 Å². The number of aromatic nitrogens is 1. The number of hydrogen-bond acceptors (Lipinski definition) is 5. The first-order chi connectivity index (χ1) is 18.1. The highest BCUT2D eigenvalue weighted by Crippen LogP contribution is 2.38. The smallest absolute Gasteiger partial charge is 0.416 e. The molecule has 1 saturated heterocycles. The molecule has 0 spiro atoms. The van der Waals surface area contributed by atoms with Gasteiger partial charge in [0.05, 0.1) is 28.6 Å². The largest absolute Gasteiger partial charge is 0.497 e. The Morgan fingerprint density at radius 2 is 1.89 bits per heavy atom. The van der Waals surface area contributed by atoms with Crippen LogP contribution in [0.25, 0.3) is 10.9 Å². The molecule has 1 aromatic heterocycles. The minimum atomic E-state index is -4.33. The number of aliphatic carboxylic acids is 1. The van der Waals surface area contributed by atoms with Gasteiger partial charge in [-0.15, -0.1) is 11.8 Å². The van der Waals surface area contributed by atoms with Gasteiger partial charge in [-0.1, -0.05) is 11.6 Å². The second-order valence-corrected chi connectivity index (χ2v) is 11.2. The number of rotatable bonds is 10. The van der Waals surface area contributed by atoms with E-state index in [4.69, 9.17) is 16.3 Å². The zero-order valence-electron chi connectivity index (χ0n) is 21.1. The van der Waals surface area contributed by atoms with Crippen LogP contribution in [-0.2, 0) is 17.4 Å². The van der Waals surface area contributed by atoms with Gasteiger partial charge in [0.2, 0.25) is 0 Å². The highest BCUT2D eigenvalue weighted by atomic mass is 35.5. The number of benzene rings is 2. The van der Waals surface area contributed by atoms with E-state index in [9.17, 15) is 23.1 Å². The maximum Gasteiger partial charge on any atom is 0.416 e. The summed E-state index contributed by atoms with van der Waals surface area (Å²) in [6.45, 7) is 2.11. The number of ether oxygens (including phenoxy) is 1. The molecule has 10 heteroatoms. The van der Waals surface area contributed by atoms with Gasteiger partial charge in [0.15, 0.2) is 0 Å². The average molecular weight is 567 g/mol. The first-order valence-electron chi connectivity index (χ1n) is 12.5. The molecule has 1 fully saturated rings. The van der Waals surface area contributed by atoms with E-state index in [-0.39, 0.29) is 0 Å². The van der Waals surface area contributed by atoms with Crippen LogP contribution in [0, 0.1) is 5.41 Å². The van der Waals surface area contributed by atoms with Crippen molar-refractivity contribution < 1.29 is 27.8 Å². The van der Waals surface area contributed by atoms with Crippen molar-refractivity contribution in [2.45, 2.75) is 43.2 Å². The number of hydrogen-bond donors (Lipinski definition) is 1. The summed E-state index contributed by atoms with van der Waals surface area (Å²) in [5.41, 5.74) is 0.348. The van der Waals surface area contributed by atoms with E-state index < -0.39 is 23.1 Å². The number of piperidine rings is 1. The molecule has 4 rings (SSSR count). The van der Waals surface area contributed by atoms with Crippen LogP contribution in [0.1, 0.15) is 36.8 Å². The predicted molar refractivity (Wildman–Crippen MR) is 144 cm³/mol. The van der Waals surface area contributed by atoms with Crippen molar-refractivity contribution >= 4 is 40.2 Å². The second kappa shape index (κ2) is 12.1. The second-order valence-electron chi connectivity index (χ2n) is 9.62. The number of carboxylic acid groups (broad SMARTS) is 1. The lowest BCUT2D eigenvalue weighted by Gasteiger charge is -2.39. The van der Waals surface area contributed by atoms with Crippen LogP contribution in [-0.4, -0.2) is 53.5 Å². The summed E-state index contributed by atoms with van der Waals surface area (Å²) in [6, 6.07) is 10.8. The number of methoxy groups -OCH3 is 1. The Labute approximate surface area is 229 Å². The summed E-state index contributed by atoms with van der Waals surface area (Å²) in [4.78, 5) is 19.7. The Morgan fingerprint density at radius 1 is 1.18 bits per heavy atom. The third-order valence-corrected chi connectivity index (χ3v) is 8.66. The molecule has 1 N–H and O–H groups in total. The van der Waals surface area contributed by atoms with Gasteiger partial charge in [-0.2, -0.15) is 13.2 Å². The van der Waals surface area contributed by atoms with Gasteiger partial charge in [0.1, 0.15) is 5.75 Å². The molecule has 1 aliphatic heterocycles. The number of fused-ring (bicyclic) bond motifs is 1. The molecule has 204 valence electrons. The summed E-state index contributed by atoms with van der Waals surface area (Å²) in [5.74, 6) is 0.681. The maximum absolute atomic E-state index is 12.7. The molecule has 2 heterocycles. The Bertz CT molecular complexity index is 1260. The first kappa shape index (κ1) is 28.5. The number of likely N-dealkylation sites (tertiary alicyclic amines) is 1. The molecular weight excluding hydrogens is 537 g/mol. The number of alkyl halides is 3. The lowest BCUT2D eigenvalue weighted by Crippen LogP contribution is -2.45. The number of nitrogens with zero attached hydrogens (tertiary/aromatic N) is 2. The van der Waals surface area contributed by atoms with Crippen molar-refractivity contribution in [1.29, 1.82) is 0 Å². The highest BCUT2D eigenvalue weighted by Gasteiger charge is 2.40. The van der Waals surface area contributed by atoms with Crippen LogP contribution >= 0.6 is 23.4 Å². The zero-order valence-corrected chi connectivity index (χ0v) is 22.6. The van der Waals surface area contributed by atoms with Crippen LogP contribution < -0.4 is 4.74 Å². The van der Waals surface area contributed by atoms with Crippen LogP contribution in [0.15, 0.2) is 53.6 Å². The Hall–Kier alpha value is -2.49. The number of carbonyl (C=O) groups is 1. The predicted octanol–water partition coefficient (Wildman–Crippen LogP) is 7.20. The van der Waals surface area contributed by atoms with E-state index in [1.165, 1.54) is 23.9 Å². The van der Waals surface area contributed by atoms with E-state index in [1.54, 1.807) is 13.3 Å². The van der Waals surface area contributed by atoms with Crippen LogP contribution in [0.2, 0.25) is 5.02 Å². The number of halogens is 4. The van der Waals surface area contributed by atoms with Crippen molar-refractivity contribution in [3.63, 3.8) is 0 Å². The molecule has 0 bridgehead atoms. The van der Waals surface area contributed by atoms with E-state index in [0.717, 1.165) is 45.8 Å². The maximum atomic E-state index is 12.7. The number of pyridine rings is 1. The monoisotopic (exact) mass is 566 g/mol. The van der Waals surface area contributed by atoms with Gasteiger partial charge in [0, 0.05) is 28.8 Å². The molecule has 0 saturated carbocycles. The SMILES string of the molecule is COc1ccc2ncc(Cl)c(CCCC3(C(=O)O)CCN(CCSc4ccc(C(F)(F)F)cc4)CC3)c2c1. The zero-order chi connectivity index (χ0) is 27.3. The summed E-state index contributed by atoms with van der Waals surface area (Å²) < 4.78 is 43.6. The summed E-state index contributed by atoms with van der Waals surface area (Å²) in [7, 11) is 1.61. The third kappa shape index (κ3) is 6.74. The Morgan fingerprint density at radius 3 is 2.53 bits per heavy atom. The van der Waals surface area contributed by atoms with Gasteiger partial charge in [-0.05, 0) is 93.2 Å². The Kier molecular flexibility index (Phi) is 9.11. The lowest BCUT2D eigenvalue weighted by molar-refractivity contribution is -0.152. The minimum absolute atomic E-state index is 0.556. The molecule has 2 aromatic carbocycles. The molecule has 0 atom stereocenters. The Balaban J connectivity index is 1.30. The summed E-state index contributed by atoms with van der Waals surface area (Å²) in [6.07, 6.45) is 0.317. The molecule has 0 aliphatic carbocycles. The summed E-state index contributed by atoms with van der Waals surface area (Å²) in [5, 5.41) is 11.6. The molecule has 38 heavy (non-hydrogen) atoms. The van der Waals surface area contributed by atoms with E-state index in [2.05, 4.69) is 9.88 Å². The minimum Gasteiger partial charge on any atom is -0.497 e. The van der Waals surface area contributed by atoms with Crippen molar-refractivity contribution in [1.82, 2.24) is 9.88 Å². The third-order valence-electron chi connectivity index (χ3n) is 7.34. The van der Waals surface area contributed by atoms with Gasteiger partial charge in [-0.25, -0.2) is 0 Å². The average Bonchev–Trinajstić information content (AvgIpc) is 2.90. The quantitative estimate of drug-likeness (QED) is 0.262.